The van der Waals surface area contributed by atoms with Crippen LogP contribution in [0.15, 0.2) is 18.2 Å². The van der Waals surface area contributed by atoms with Gasteiger partial charge in [-0.1, -0.05) is 24.9 Å². The molecule has 0 aromatic heterocycles. The third kappa shape index (κ3) is 5.34. The molecule has 1 unspecified atom stereocenters. The lowest BCUT2D eigenvalue weighted by Crippen LogP contribution is -2.23. The Balaban J connectivity index is 2.41. The average molecular weight is 274 g/mol. The second-order valence-corrected chi connectivity index (χ2v) is 4.97. The second kappa shape index (κ2) is 8.46. The summed E-state index contributed by atoms with van der Waals surface area (Å²) in [4.78, 5) is 0. The first kappa shape index (κ1) is 15.4. The second-order valence-electron chi connectivity index (χ2n) is 4.53. The number of hydrogen-bond acceptors (Lipinski definition) is 2. The Hall–Kier alpha value is -0.640. The van der Waals surface area contributed by atoms with Gasteiger partial charge in [-0.3, -0.25) is 0 Å². The highest BCUT2D eigenvalue weighted by Gasteiger charge is 2.08. The maximum absolute atomic E-state index is 13.5. The highest BCUT2D eigenvalue weighted by Crippen LogP contribution is 2.15. The maximum atomic E-state index is 13.5. The molecular weight excluding hydrogens is 253 g/mol. The number of nitrogens with one attached hydrogen (secondary N) is 1. The van der Waals surface area contributed by atoms with E-state index in [2.05, 4.69) is 12.2 Å². The first-order valence-electron chi connectivity index (χ1n) is 6.42. The largest absolute Gasteiger partial charge is 0.396 e. The van der Waals surface area contributed by atoms with E-state index < -0.39 is 0 Å². The van der Waals surface area contributed by atoms with E-state index in [0.29, 0.717) is 23.0 Å². The van der Waals surface area contributed by atoms with Gasteiger partial charge >= 0.3 is 0 Å². The van der Waals surface area contributed by atoms with E-state index in [1.807, 2.05) is 0 Å². The number of aliphatic hydroxyl groups excluding tert-OH is 1. The van der Waals surface area contributed by atoms with Gasteiger partial charge in [-0.15, -0.1) is 0 Å². The van der Waals surface area contributed by atoms with Crippen molar-refractivity contribution in [3.63, 3.8) is 0 Å². The van der Waals surface area contributed by atoms with E-state index >= 15 is 0 Å². The summed E-state index contributed by atoms with van der Waals surface area (Å²) in [6, 6.07) is 4.58. The summed E-state index contributed by atoms with van der Waals surface area (Å²) in [5, 5.41) is 12.7. The Labute approximate surface area is 113 Å². The standard InChI is InChI=1S/C14H21ClFNO/c1-2-3-11(6-7-18)9-17-10-12-8-13(15)4-5-14(12)16/h4-5,8,11,17-18H,2-3,6-7,9-10H2,1H3. The summed E-state index contributed by atoms with van der Waals surface area (Å²) < 4.78 is 13.5. The summed E-state index contributed by atoms with van der Waals surface area (Å²) in [6.45, 7) is 3.59. The minimum atomic E-state index is -0.235. The monoisotopic (exact) mass is 273 g/mol. The molecule has 0 radical (unpaired) electrons. The van der Waals surface area contributed by atoms with Crippen molar-refractivity contribution in [2.24, 2.45) is 5.92 Å². The first-order valence-corrected chi connectivity index (χ1v) is 6.80. The van der Waals surface area contributed by atoms with Crippen LogP contribution in [-0.4, -0.2) is 18.3 Å². The molecule has 1 aromatic rings. The molecule has 18 heavy (non-hydrogen) atoms. The number of halogens is 2. The van der Waals surface area contributed by atoms with Crippen LogP contribution in [0.25, 0.3) is 0 Å². The predicted octanol–water partition coefficient (Wildman–Crippen LogP) is 3.37. The third-order valence-corrected chi connectivity index (χ3v) is 3.23. The molecule has 0 saturated carbocycles. The molecule has 0 spiro atoms. The van der Waals surface area contributed by atoms with Crippen molar-refractivity contribution < 1.29 is 9.50 Å². The van der Waals surface area contributed by atoms with Gasteiger partial charge in [0.25, 0.3) is 0 Å². The van der Waals surface area contributed by atoms with E-state index in [1.54, 1.807) is 12.1 Å². The van der Waals surface area contributed by atoms with Crippen molar-refractivity contribution in [1.29, 1.82) is 0 Å². The van der Waals surface area contributed by atoms with Gasteiger partial charge < -0.3 is 10.4 Å². The zero-order chi connectivity index (χ0) is 13.4. The highest BCUT2D eigenvalue weighted by molar-refractivity contribution is 6.30. The van der Waals surface area contributed by atoms with Crippen molar-refractivity contribution in [1.82, 2.24) is 5.32 Å². The van der Waals surface area contributed by atoms with Gasteiger partial charge in [-0.25, -0.2) is 4.39 Å². The molecule has 0 amide bonds. The van der Waals surface area contributed by atoms with Crippen LogP contribution in [0.1, 0.15) is 31.7 Å². The molecule has 0 fully saturated rings. The summed E-state index contributed by atoms with van der Waals surface area (Å²) in [7, 11) is 0. The fourth-order valence-corrected chi connectivity index (χ4v) is 2.22. The van der Waals surface area contributed by atoms with Crippen molar-refractivity contribution in [2.75, 3.05) is 13.2 Å². The molecule has 1 atom stereocenters. The van der Waals surface area contributed by atoms with E-state index in [1.165, 1.54) is 6.07 Å². The summed E-state index contributed by atoms with van der Waals surface area (Å²) in [5.74, 6) is 0.211. The molecule has 2 nitrogen and oxygen atoms in total. The van der Waals surface area contributed by atoms with Crippen molar-refractivity contribution >= 4 is 11.6 Å². The van der Waals surface area contributed by atoms with Crippen LogP contribution in [0, 0.1) is 11.7 Å². The van der Waals surface area contributed by atoms with Crippen LogP contribution >= 0.6 is 11.6 Å². The van der Waals surface area contributed by atoms with Gasteiger partial charge in [0, 0.05) is 23.7 Å². The van der Waals surface area contributed by atoms with Crippen molar-refractivity contribution in [3.8, 4) is 0 Å². The number of benzene rings is 1. The van der Waals surface area contributed by atoms with E-state index in [9.17, 15) is 4.39 Å². The fourth-order valence-electron chi connectivity index (χ4n) is 2.03. The molecule has 0 aliphatic heterocycles. The first-order chi connectivity index (χ1) is 8.67. The zero-order valence-electron chi connectivity index (χ0n) is 10.8. The predicted molar refractivity (Wildman–Crippen MR) is 73.2 cm³/mol. The summed E-state index contributed by atoms with van der Waals surface area (Å²) >= 11 is 5.83. The lowest BCUT2D eigenvalue weighted by molar-refractivity contribution is 0.248. The topological polar surface area (TPSA) is 32.3 Å². The quantitative estimate of drug-likeness (QED) is 0.761. The molecular formula is C14H21ClFNO. The molecule has 0 saturated heterocycles. The molecule has 0 bridgehead atoms. The van der Waals surface area contributed by atoms with E-state index in [-0.39, 0.29) is 12.4 Å². The van der Waals surface area contributed by atoms with Crippen molar-refractivity contribution in [2.45, 2.75) is 32.7 Å². The molecule has 0 aliphatic rings. The Morgan fingerprint density at radius 3 is 2.83 bits per heavy atom. The number of aliphatic hydroxyl groups is 1. The minimum Gasteiger partial charge on any atom is -0.396 e. The normalized spacial score (nSPS) is 12.7. The molecule has 2 N–H and O–H groups in total. The van der Waals surface area contributed by atoms with Gasteiger partial charge in [0.05, 0.1) is 0 Å². The number of hydrogen-bond donors (Lipinski definition) is 2. The van der Waals surface area contributed by atoms with Crippen molar-refractivity contribution in [3.05, 3.63) is 34.6 Å². The Bertz CT molecular complexity index is 354. The minimum absolute atomic E-state index is 0.206. The van der Waals surface area contributed by atoms with Gasteiger partial charge in [-0.2, -0.15) is 0 Å². The van der Waals surface area contributed by atoms with Gasteiger partial charge in [0.1, 0.15) is 5.82 Å². The van der Waals surface area contributed by atoms with Crippen LogP contribution < -0.4 is 5.32 Å². The highest BCUT2D eigenvalue weighted by atomic mass is 35.5. The molecule has 1 aromatic carbocycles. The molecule has 102 valence electrons. The number of rotatable bonds is 8. The Morgan fingerprint density at radius 2 is 2.17 bits per heavy atom. The zero-order valence-corrected chi connectivity index (χ0v) is 11.5. The van der Waals surface area contributed by atoms with E-state index in [4.69, 9.17) is 16.7 Å². The van der Waals surface area contributed by atoms with Crippen LogP contribution in [0.3, 0.4) is 0 Å². The molecule has 1 rings (SSSR count). The van der Waals surface area contributed by atoms with Crippen LogP contribution in [0.2, 0.25) is 5.02 Å². The van der Waals surface area contributed by atoms with Gasteiger partial charge in [-0.05, 0) is 43.5 Å². The van der Waals surface area contributed by atoms with Crippen LogP contribution in [0.5, 0.6) is 0 Å². The van der Waals surface area contributed by atoms with Gasteiger partial charge in [0.2, 0.25) is 0 Å². The summed E-state index contributed by atoms with van der Waals surface area (Å²) in [6.07, 6.45) is 2.96. The lowest BCUT2D eigenvalue weighted by Gasteiger charge is -2.16. The lowest BCUT2D eigenvalue weighted by atomic mass is 10.0. The SMILES string of the molecule is CCCC(CCO)CNCc1cc(Cl)ccc1F. The van der Waals surface area contributed by atoms with Crippen LogP contribution in [0.4, 0.5) is 4.39 Å². The maximum Gasteiger partial charge on any atom is 0.127 e. The molecule has 0 heterocycles. The summed E-state index contributed by atoms with van der Waals surface area (Å²) in [5.41, 5.74) is 0.585. The van der Waals surface area contributed by atoms with Crippen LogP contribution in [-0.2, 0) is 6.54 Å². The smallest absolute Gasteiger partial charge is 0.127 e. The molecule has 4 heteroatoms. The fraction of sp³-hybridized carbons (Fsp3) is 0.571. The third-order valence-electron chi connectivity index (χ3n) is 2.99. The molecule has 0 aliphatic carbocycles. The average Bonchev–Trinajstić information content (AvgIpc) is 2.34. The van der Waals surface area contributed by atoms with Gasteiger partial charge in [0.15, 0.2) is 0 Å². The van der Waals surface area contributed by atoms with E-state index in [0.717, 1.165) is 25.8 Å². The Morgan fingerprint density at radius 1 is 1.39 bits per heavy atom. The Kier molecular flexibility index (Phi) is 7.25.